The zero-order valence-electron chi connectivity index (χ0n) is 19.1. The summed E-state index contributed by atoms with van der Waals surface area (Å²) in [5.74, 6) is 1.32. The molecule has 1 fully saturated rings. The quantitative estimate of drug-likeness (QED) is 0.512. The Morgan fingerprint density at radius 1 is 1.09 bits per heavy atom. The Hall–Kier alpha value is -2.58. The van der Waals surface area contributed by atoms with Crippen LogP contribution in [0.4, 0.5) is 0 Å². The molecule has 0 aliphatic carbocycles. The molecule has 0 radical (unpaired) electrons. The summed E-state index contributed by atoms with van der Waals surface area (Å²) in [4.78, 5) is 17.0. The topological polar surface area (TPSA) is 68.6 Å². The fourth-order valence-corrected chi connectivity index (χ4v) is 5.29. The van der Waals surface area contributed by atoms with Crippen molar-refractivity contribution < 1.29 is 14.3 Å². The van der Waals surface area contributed by atoms with E-state index >= 15 is 0 Å². The van der Waals surface area contributed by atoms with E-state index in [1.165, 1.54) is 50.1 Å². The highest BCUT2D eigenvalue weighted by Gasteiger charge is 2.19. The number of likely N-dealkylation sites (tertiary alicyclic amines) is 1. The number of amides is 1. The molecule has 0 spiro atoms. The highest BCUT2D eigenvalue weighted by atomic mass is 32.1. The van der Waals surface area contributed by atoms with E-state index in [9.17, 15) is 4.79 Å². The van der Waals surface area contributed by atoms with Gasteiger partial charge >= 0.3 is 0 Å². The standard InChI is InChI=1S/C24H32N4O3S/c1-27-24-18(22(26-27)17-9-10-19(30-2)20(15-17)31-3)16-21(32-24)23(29)25-11-8-14-28-12-6-4-5-7-13-28/h9-10,15-16H,4-8,11-14H2,1-3H3,(H,25,29). The molecule has 0 saturated carbocycles. The minimum absolute atomic E-state index is 0.0136. The summed E-state index contributed by atoms with van der Waals surface area (Å²) in [6.07, 6.45) is 6.27. The van der Waals surface area contributed by atoms with Gasteiger partial charge in [-0.2, -0.15) is 5.10 Å². The van der Waals surface area contributed by atoms with Gasteiger partial charge in [0.2, 0.25) is 0 Å². The van der Waals surface area contributed by atoms with Crippen LogP contribution in [0, 0.1) is 0 Å². The molecule has 3 heterocycles. The van der Waals surface area contributed by atoms with Crippen LogP contribution in [0.5, 0.6) is 11.5 Å². The number of carbonyl (C=O) groups is 1. The molecule has 7 nitrogen and oxygen atoms in total. The van der Waals surface area contributed by atoms with Crippen LogP contribution < -0.4 is 14.8 Å². The van der Waals surface area contributed by atoms with Crippen molar-refractivity contribution in [2.45, 2.75) is 32.1 Å². The van der Waals surface area contributed by atoms with Gasteiger partial charge in [-0.3, -0.25) is 9.48 Å². The molecular weight excluding hydrogens is 424 g/mol. The van der Waals surface area contributed by atoms with Crippen molar-refractivity contribution in [1.29, 1.82) is 0 Å². The predicted octanol–water partition coefficient (Wildman–Crippen LogP) is 4.31. The average molecular weight is 457 g/mol. The third-order valence-electron chi connectivity index (χ3n) is 6.03. The Kier molecular flexibility index (Phi) is 7.32. The number of methoxy groups -OCH3 is 2. The SMILES string of the molecule is COc1ccc(-c2nn(C)c3sc(C(=O)NCCCN4CCCCCC4)cc23)cc1OC. The molecule has 172 valence electrons. The summed E-state index contributed by atoms with van der Waals surface area (Å²) >= 11 is 1.48. The number of aromatic nitrogens is 2. The average Bonchev–Trinajstić information content (AvgIpc) is 3.26. The van der Waals surface area contributed by atoms with E-state index in [0.717, 1.165) is 34.4 Å². The van der Waals surface area contributed by atoms with Gasteiger partial charge in [-0.1, -0.05) is 12.8 Å². The van der Waals surface area contributed by atoms with E-state index in [-0.39, 0.29) is 5.91 Å². The highest BCUT2D eigenvalue weighted by Crippen LogP contribution is 2.37. The largest absolute Gasteiger partial charge is 0.493 e. The summed E-state index contributed by atoms with van der Waals surface area (Å²) < 4.78 is 12.6. The van der Waals surface area contributed by atoms with Crippen molar-refractivity contribution >= 4 is 27.5 Å². The highest BCUT2D eigenvalue weighted by molar-refractivity contribution is 7.20. The first-order valence-corrected chi connectivity index (χ1v) is 12.1. The smallest absolute Gasteiger partial charge is 0.261 e. The molecule has 32 heavy (non-hydrogen) atoms. The second kappa shape index (κ2) is 10.4. The van der Waals surface area contributed by atoms with Gasteiger partial charge in [0.1, 0.15) is 10.5 Å². The number of aryl methyl sites for hydroxylation is 1. The van der Waals surface area contributed by atoms with E-state index in [1.807, 2.05) is 36.0 Å². The van der Waals surface area contributed by atoms with Crippen LogP contribution in [0.25, 0.3) is 21.5 Å². The summed E-state index contributed by atoms with van der Waals surface area (Å²) in [6.45, 7) is 4.14. The van der Waals surface area contributed by atoms with Gasteiger partial charge in [0.05, 0.1) is 19.1 Å². The second-order valence-corrected chi connectivity index (χ2v) is 9.27. The first-order chi connectivity index (χ1) is 15.6. The number of hydrogen-bond acceptors (Lipinski definition) is 6. The van der Waals surface area contributed by atoms with Gasteiger partial charge in [0, 0.05) is 24.5 Å². The summed E-state index contributed by atoms with van der Waals surface area (Å²) in [5.41, 5.74) is 1.76. The molecule has 8 heteroatoms. The Bertz CT molecular complexity index is 1070. The van der Waals surface area contributed by atoms with E-state index in [1.54, 1.807) is 14.2 Å². The Labute approximate surface area is 193 Å². The van der Waals surface area contributed by atoms with E-state index in [4.69, 9.17) is 9.47 Å². The van der Waals surface area contributed by atoms with Crippen LogP contribution in [-0.2, 0) is 7.05 Å². The number of fused-ring (bicyclic) bond motifs is 1. The lowest BCUT2D eigenvalue weighted by molar-refractivity contribution is 0.0956. The van der Waals surface area contributed by atoms with Crippen LogP contribution >= 0.6 is 11.3 Å². The van der Waals surface area contributed by atoms with Crippen LogP contribution in [0.2, 0.25) is 0 Å². The summed E-state index contributed by atoms with van der Waals surface area (Å²) in [5, 5.41) is 8.75. The second-order valence-electron chi connectivity index (χ2n) is 8.24. The molecule has 3 aromatic rings. The van der Waals surface area contributed by atoms with E-state index in [2.05, 4.69) is 15.3 Å². The van der Waals surface area contributed by atoms with Gasteiger partial charge < -0.3 is 19.7 Å². The molecule has 1 amide bonds. The first kappa shape index (κ1) is 22.6. The minimum atomic E-state index is -0.0136. The lowest BCUT2D eigenvalue weighted by atomic mass is 10.1. The summed E-state index contributed by atoms with van der Waals surface area (Å²) in [6, 6.07) is 7.70. The Morgan fingerprint density at radius 3 is 2.56 bits per heavy atom. The van der Waals surface area contributed by atoms with E-state index < -0.39 is 0 Å². The molecule has 1 aliphatic heterocycles. The number of nitrogens with one attached hydrogen (secondary N) is 1. The number of benzene rings is 1. The molecule has 2 aromatic heterocycles. The van der Waals surface area contributed by atoms with Crippen molar-refractivity contribution in [1.82, 2.24) is 20.0 Å². The fourth-order valence-electron chi connectivity index (χ4n) is 4.30. The summed E-state index contributed by atoms with van der Waals surface area (Å²) in [7, 11) is 5.15. The molecule has 1 saturated heterocycles. The van der Waals surface area contributed by atoms with Crippen LogP contribution in [0.3, 0.4) is 0 Å². The molecule has 0 unspecified atom stereocenters. The van der Waals surface area contributed by atoms with Crippen molar-refractivity contribution in [2.75, 3.05) is 40.4 Å². The maximum absolute atomic E-state index is 12.8. The molecule has 1 aliphatic rings. The third kappa shape index (κ3) is 4.91. The molecule has 0 atom stereocenters. The maximum atomic E-state index is 12.8. The van der Waals surface area contributed by atoms with Crippen molar-refractivity contribution in [2.24, 2.45) is 7.05 Å². The Morgan fingerprint density at radius 2 is 1.84 bits per heavy atom. The Balaban J connectivity index is 1.44. The number of rotatable bonds is 8. The van der Waals surface area contributed by atoms with Gasteiger partial charge in [0.25, 0.3) is 5.91 Å². The van der Waals surface area contributed by atoms with Gasteiger partial charge in [-0.05, 0) is 63.2 Å². The van der Waals surface area contributed by atoms with Crippen molar-refractivity contribution in [3.05, 3.63) is 29.1 Å². The maximum Gasteiger partial charge on any atom is 0.261 e. The van der Waals surface area contributed by atoms with E-state index in [0.29, 0.717) is 22.9 Å². The number of nitrogens with zero attached hydrogens (tertiary/aromatic N) is 3. The van der Waals surface area contributed by atoms with Crippen LogP contribution in [-0.4, -0.2) is 61.0 Å². The molecule has 0 bridgehead atoms. The van der Waals surface area contributed by atoms with Crippen LogP contribution in [0.1, 0.15) is 41.8 Å². The zero-order chi connectivity index (χ0) is 22.5. The number of ether oxygens (including phenoxy) is 2. The monoisotopic (exact) mass is 456 g/mol. The van der Waals surface area contributed by atoms with Gasteiger partial charge in [0.15, 0.2) is 11.5 Å². The minimum Gasteiger partial charge on any atom is -0.493 e. The lowest BCUT2D eigenvalue weighted by Crippen LogP contribution is -2.30. The first-order valence-electron chi connectivity index (χ1n) is 11.3. The normalized spacial score (nSPS) is 15.0. The van der Waals surface area contributed by atoms with Crippen LogP contribution in [0.15, 0.2) is 24.3 Å². The van der Waals surface area contributed by atoms with Crippen molar-refractivity contribution in [3.63, 3.8) is 0 Å². The van der Waals surface area contributed by atoms with Gasteiger partial charge in [-0.15, -0.1) is 11.3 Å². The number of carbonyl (C=O) groups excluding carboxylic acids is 1. The fraction of sp³-hybridized carbons (Fsp3) is 0.500. The van der Waals surface area contributed by atoms with Gasteiger partial charge in [-0.25, -0.2) is 0 Å². The van der Waals surface area contributed by atoms with Crippen molar-refractivity contribution in [3.8, 4) is 22.8 Å². The predicted molar refractivity (Wildman–Crippen MR) is 129 cm³/mol. The number of thiophene rings is 1. The zero-order valence-corrected chi connectivity index (χ0v) is 20.0. The molecule has 1 aromatic carbocycles. The lowest BCUT2D eigenvalue weighted by Gasteiger charge is -2.19. The third-order valence-corrected chi connectivity index (χ3v) is 7.23. The molecule has 4 rings (SSSR count). The molecule has 1 N–H and O–H groups in total. The number of hydrogen-bond donors (Lipinski definition) is 1. The molecular formula is C24H32N4O3S.